The highest BCUT2D eigenvalue weighted by Crippen LogP contribution is 2.37. The van der Waals surface area contributed by atoms with Gasteiger partial charge in [-0.1, -0.05) is 15.9 Å². The second kappa shape index (κ2) is 9.84. The Bertz CT molecular complexity index is 1250. The zero-order valence-corrected chi connectivity index (χ0v) is 19.9. The van der Waals surface area contributed by atoms with Gasteiger partial charge in [0.05, 0.1) is 11.3 Å². The van der Waals surface area contributed by atoms with Gasteiger partial charge in [-0.3, -0.25) is 4.79 Å². The minimum Gasteiger partial charge on any atom is -0.478 e. The van der Waals surface area contributed by atoms with Crippen molar-refractivity contribution in [2.45, 2.75) is 33.0 Å². The number of ether oxygens (including phenoxy) is 1. The summed E-state index contributed by atoms with van der Waals surface area (Å²) in [5, 5.41) is 9.82. The number of pyridine rings is 1. The van der Waals surface area contributed by atoms with Gasteiger partial charge in [-0.2, -0.15) is 13.2 Å². The van der Waals surface area contributed by atoms with E-state index in [2.05, 4.69) is 20.9 Å². The summed E-state index contributed by atoms with van der Waals surface area (Å²) in [6, 6.07) is 10.3. The molecule has 0 aliphatic rings. The van der Waals surface area contributed by atoms with Gasteiger partial charge in [0, 0.05) is 22.3 Å². The van der Waals surface area contributed by atoms with E-state index in [1.807, 2.05) is 0 Å². The summed E-state index contributed by atoms with van der Waals surface area (Å²) in [6.07, 6.45) is -3.57. The van der Waals surface area contributed by atoms with Crippen molar-refractivity contribution in [3.63, 3.8) is 0 Å². The van der Waals surface area contributed by atoms with E-state index in [1.54, 1.807) is 39.0 Å². The van der Waals surface area contributed by atoms with Crippen LogP contribution in [0.2, 0.25) is 0 Å². The first-order valence-electron chi connectivity index (χ1n) is 10.1. The van der Waals surface area contributed by atoms with Gasteiger partial charge in [0.25, 0.3) is 5.91 Å². The third-order valence-corrected chi connectivity index (χ3v) is 5.40. The molecule has 2 aromatic carbocycles. The first-order valence-corrected chi connectivity index (χ1v) is 10.9. The maximum Gasteiger partial charge on any atom is 0.421 e. The average molecular weight is 537 g/mol. The lowest BCUT2D eigenvalue weighted by molar-refractivity contribution is -0.138. The number of hydrogen-bond donors (Lipinski definition) is 1. The van der Waals surface area contributed by atoms with E-state index in [4.69, 9.17) is 4.74 Å². The molecule has 0 saturated heterocycles. The van der Waals surface area contributed by atoms with Gasteiger partial charge in [-0.15, -0.1) is 0 Å². The van der Waals surface area contributed by atoms with Gasteiger partial charge in [0.15, 0.2) is 0 Å². The van der Waals surface area contributed by atoms with Crippen molar-refractivity contribution in [2.24, 2.45) is 0 Å². The summed E-state index contributed by atoms with van der Waals surface area (Å²) < 4.78 is 45.9. The highest BCUT2D eigenvalue weighted by molar-refractivity contribution is 9.10. The molecular formula is C24H20BrF3N2O4. The van der Waals surface area contributed by atoms with Crippen LogP contribution in [0.5, 0.6) is 11.6 Å². The van der Waals surface area contributed by atoms with Crippen LogP contribution in [-0.2, 0) is 6.18 Å². The fourth-order valence-electron chi connectivity index (χ4n) is 3.38. The molecular weight excluding hydrogens is 517 g/mol. The normalized spacial score (nSPS) is 11.4. The number of hydrogen-bond acceptors (Lipinski definition) is 4. The fraction of sp³-hybridized carbons (Fsp3) is 0.208. The van der Waals surface area contributed by atoms with Crippen molar-refractivity contribution in [3.8, 4) is 11.6 Å². The maximum atomic E-state index is 13.4. The first-order chi connectivity index (χ1) is 15.9. The second-order valence-electron chi connectivity index (χ2n) is 7.67. The highest BCUT2D eigenvalue weighted by Gasteiger charge is 2.35. The number of carbonyl (C=O) groups is 2. The van der Waals surface area contributed by atoms with Gasteiger partial charge in [-0.05, 0) is 74.9 Å². The van der Waals surface area contributed by atoms with Crippen LogP contribution in [0.15, 0.2) is 59.2 Å². The van der Waals surface area contributed by atoms with Crippen LogP contribution in [0.3, 0.4) is 0 Å². The molecule has 0 radical (unpaired) electrons. The molecule has 178 valence electrons. The van der Waals surface area contributed by atoms with Gasteiger partial charge in [0.1, 0.15) is 11.3 Å². The number of aromatic nitrogens is 1. The fourth-order valence-corrected chi connectivity index (χ4v) is 3.85. The minimum atomic E-state index is -4.71. The van der Waals surface area contributed by atoms with Gasteiger partial charge >= 0.3 is 12.1 Å². The maximum absolute atomic E-state index is 13.4. The Hall–Kier alpha value is -3.40. The van der Waals surface area contributed by atoms with E-state index in [-0.39, 0.29) is 17.0 Å². The number of carbonyl (C=O) groups excluding carboxylic acids is 1. The lowest BCUT2D eigenvalue weighted by Crippen LogP contribution is -2.38. The number of nitrogens with zero attached hydrogens (tertiary/aromatic N) is 2. The summed E-state index contributed by atoms with van der Waals surface area (Å²) in [5.74, 6) is -2.66. The zero-order valence-electron chi connectivity index (χ0n) is 18.4. The number of carboxylic acids is 1. The standard InChI is InChI=1S/C24H20BrF3N2O4/c1-13(2)30(22(31)17-8-6-15(25)11-14(17)3)20-9-7-16(12-18(20)23(32)33)34-21-19(24(26,27)28)5-4-10-29-21/h4-13H,1-3H3,(H,32,33). The van der Waals surface area contributed by atoms with Crippen LogP contribution in [0, 0.1) is 6.92 Å². The summed E-state index contributed by atoms with van der Waals surface area (Å²) >= 11 is 3.35. The van der Waals surface area contributed by atoms with E-state index in [9.17, 15) is 27.9 Å². The SMILES string of the molecule is Cc1cc(Br)ccc1C(=O)N(c1ccc(Oc2ncccc2C(F)(F)F)cc1C(=O)O)C(C)C. The van der Waals surface area contributed by atoms with Gasteiger partial charge in [0.2, 0.25) is 5.88 Å². The summed E-state index contributed by atoms with van der Waals surface area (Å²) in [5.41, 5.74) is -0.243. The molecule has 0 unspecified atom stereocenters. The molecule has 1 heterocycles. The van der Waals surface area contributed by atoms with E-state index in [1.165, 1.54) is 17.0 Å². The number of anilines is 1. The Morgan fingerprint density at radius 1 is 1.09 bits per heavy atom. The third-order valence-electron chi connectivity index (χ3n) is 4.90. The molecule has 0 saturated carbocycles. The predicted molar refractivity (Wildman–Crippen MR) is 124 cm³/mol. The van der Waals surface area contributed by atoms with Gasteiger partial charge in [-0.25, -0.2) is 9.78 Å². The molecule has 1 amide bonds. The Labute approximate surface area is 202 Å². The molecule has 0 spiro atoms. The van der Waals surface area contributed by atoms with E-state index in [0.29, 0.717) is 11.1 Å². The Morgan fingerprint density at radius 2 is 1.79 bits per heavy atom. The summed E-state index contributed by atoms with van der Waals surface area (Å²) in [7, 11) is 0. The topological polar surface area (TPSA) is 79.7 Å². The number of rotatable bonds is 6. The van der Waals surface area contributed by atoms with Crippen LogP contribution in [-0.4, -0.2) is 28.0 Å². The smallest absolute Gasteiger partial charge is 0.421 e. The molecule has 0 atom stereocenters. The number of amides is 1. The number of alkyl halides is 3. The largest absolute Gasteiger partial charge is 0.478 e. The molecule has 34 heavy (non-hydrogen) atoms. The minimum absolute atomic E-state index is 0.0826. The Kier molecular flexibility index (Phi) is 7.30. The van der Waals surface area contributed by atoms with E-state index >= 15 is 0 Å². The molecule has 3 aromatic rings. The second-order valence-corrected chi connectivity index (χ2v) is 8.58. The lowest BCUT2D eigenvalue weighted by Gasteiger charge is -2.29. The van der Waals surface area contributed by atoms with Crippen LogP contribution in [0.4, 0.5) is 18.9 Å². The number of benzene rings is 2. The van der Waals surface area contributed by atoms with Gasteiger partial charge < -0.3 is 14.7 Å². The molecule has 1 aromatic heterocycles. The van der Waals surface area contributed by atoms with E-state index < -0.39 is 35.5 Å². The molecule has 10 heteroatoms. The summed E-state index contributed by atoms with van der Waals surface area (Å²) in [6.45, 7) is 5.22. The van der Waals surface area contributed by atoms with Crippen molar-refractivity contribution >= 4 is 33.5 Å². The van der Waals surface area contributed by atoms with Crippen LogP contribution >= 0.6 is 15.9 Å². The highest BCUT2D eigenvalue weighted by atomic mass is 79.9. The van der Waals surface area contributed by atoms with Crippen LogP contribution in [0.1, 0.15) is 45.7 Å². The lowest BCUT2D eigenvalue weighted by atomic mass is 10.0. The molecule has 0 aliphatic heterocycles. The number of aryl methyl sites for hydroxylation is 1. The predicted octanol–water partition coefficient (Wildman–Crippen LogP) is 6.72. The van der Waals surface area contributed by atoms with Crippen LogP contribution in [0.25, 0.3) is 0 Å². The molecule has 0 bridgehead atoms. The number of carboxylic acid groups (broad SMARTS) is 1. The average Bonchev–Trinajstić information content (AvgIpc) is 2.74. The van der Waals surface area contributed by atoms with E-state index in [0.717, 1.165) is 28.9 Å². The first kappa shape index (κ1) is 25.2. The zero-order chi connectivity index (χ0) is 25.2. The molecule has 0 aliphatic carbocycles. The van der Waals surface area contributed by atoms with Crippen molar-refractivity contribution in [1.82, 2.24) is 4.98 Å². The quantitative estimate of drug-likeness (QED) is 0.378. The Balaban J connectivity index is 2.05. The van der Waals surface area contributed by atoms with Crippen LogP contribution < -0.4 is 9.64 Å². The molecule has 1 N–H and O–H groups in total. The number of halogens is 4. The van der Waals surface area contributed by atoms with Crippen molar-refractivity contribution in [2.75, 3.05) is 4.90 Å². The molecule has 3 rings (SSSR count). The Morgan fingerprint density at radius 3 is 2.38 bits per heavy atom. The third kappa shape index (κ3) is 5.39. The number of aromatic carboxylic acids is 1. The molecule has 0 fully saturated rings. The van der Waals surface area contributed by atoms with Crippen molar-refractivity contribution in [1.29, 1.82) is 0 Å². The van der Waals surface area contributed by atoms with Crippen molar-refractivity contribution in [3.05, 3.63) is 81.5 Å². The van der Waals surface area contributed by atoms with Crippen molar-refractivity contribution < 1.29 is 32.6 Å². The monoisotopic (exact) mass is 536 g/mol. The summed E-state index contributed by atoms with van der Waals surface area (Å²) in [4.78, 5) is 30.4. The molecule has 6 nitrogen and oxygen atoms in total.